The Labute approximate surface area is 134 Å². The normalized spacial score (nSPS) is 10.7. The Hall–Kier alpha value is -2.80. The molecule has 0 aliphatic rings. The molecule has 23 heavy (non-hydrogen) atoms. The Bertz CT molecular complexity index is 913. The number of nitrogens with zero attached hydrogens (tertiary/aromatic N) is 1. The topological polar surface area (TPSA) is 40.7 Å². The van der Waals surface area contributed by atoms with Gasteiger partial charge in [-0.3, -0.25) is 5.10 Å². The minimum Gasteiger partial charge on any atom is -0.354 e. The second kappa shape index (κ2) is 6.13. The molecular weight excluding hydrogens is 289 g/mol. The third kappa shape index (κ3) is 3.35. The summed E-state index contributed by atoms with van der Waals surface area (Å²) in [7, 11) is 0. The molecule has 2 N–H and O–H groups in total. The monoisotopic (exact) mass is 307 g/mol. The highest BCUT2D eigenvalue weighted by molar-refractivity contribution is 5.86. The smallest absolute Gasteiger partial charge is 0.126 e. The number of halogens is 1. The summed E-state index contributed by atoms with van der Waals surface area (Å²) in [6.45, 7) is 5.86. The maximum atomic E-state index is 13.4. The highest BCUT2D eigenvalue weighted by atomic mass is 19.1. The number of aryl methyl sites for hydroxylation is 1. The molecule has 2 aromatic carbocycles. The van der Waals surface area contributed by atoms with Crippen LogP contribution in [0, 0.1) is 30.5 Å². The summed E-state index contributed by atoms with van der Waals surface area (Å²) < 4.78 is 13.4. The van der Waals surface area contributed by atoms with Gasteiger partial charge in [-0.15, -0.1) is 0 Å². The lowest BCUT2D eigenvalue weighted by atomic mass is 10.1. The Morgan fingerprint density at radius 3 is 2.78 bits per heavy atom. The fourth-order valence-electron chi connectivity index (χ4n) is 2.30. The van der Waals surface area contributed by atoms with Crippen molar-refractivity contribution < 1.29 is 4.39 Å². The van der Waals surface area contributed by atoms with Crippen LogP contribution in [0.3, 0.4) is 0 Å². The molecule has 3 rings (SSSR count). The molecule has 0 saturated heterocycles. The number of anilines is 2. The van der Waals surface area contributed by atoms with Crippen molar-refractivity contribution in [1.29, 1.82) is 0 Å². The van der Waals surface area contributed by atoms with Crippen LogP contribution in [0.1, 0.15) is 25.0 Å². The van der Waals surface area contributed by atoms with Crippen molar-refractivity contribution in [2.24, 2.45) is 5.92 Å². The largest absolute Gasteiger partial charge is 0.354 e. The summed E-state index contributed by atoms with van der Waals surface area (Å²) in [5.74, 6) is 6.47. The lowest BCUT2D eigenvalue weighted by Gasteiger charge is -2.10. The molecule has 4 heteroatoms. The first-order valence-corrected chi connectivity index (χ1v) is 7.55. The minimum absolute atomic E-state index is 0.208. The van der Waals surface area contributed by atoms with Crippen LogP contribution in [-0.2, 0) is 0 Å². The third-order valence-corrected chi connectivity index (χ3v) is 3.51. The number of hydrogen-bond donors (Lipinski definition) is 2. The van der Waals surface area contributed by atoms with Gasteiger partial charge in [-0.05, 0) is 42.8 Å². The second-order valence-corrected chi connectivity index (χ2v) is 5.87. The van der Waals surface area contributed by atoms with Crippen molar-refractivity contribution in [3.8, 4) is 11.8 Å². The van der Waals surface area contributed by atoms with Crippen molar-refractivity contribution in [3.63, 3.8) is 0 Å². The highest BCUT2D eigenvalue weighted by Gasteiger charge is 2.07. The number of benzene rings is 2. The van der Waals surface area contributed by atoms with E-state index in [1.54, 1.807) is 25.3 Å². The van der Waals surface area contributed by atoms with Gasteiger partial charge in [-0.1, -0.05) is 25.7 Å². The SMILES string of the molecule is Cc1cc(Nc2cc3cn[nH]c3cc2C#CC(C)C)ccc1F. The van der Waals surface area contributed by atoms with Crippen molar-refractivity contribution in [2.75, 3.05) is 5.32 Å². The molecule has 1 aromatic heterocycles. The summed E-state index contributed by atoms with van der Waals surface area (Å²) in [5.41, 5.74) is 4.16. The average Bonchev–Trinajstić information content (AvgIpc) is 2.95. The molecule has 116 valence electrons. The molecule has 0 aliphatic heterocycles. The molecule has 0 amide bonds. The van der Waals surface area contributed by atoms with Crippen molar-refractivity contribution in [2.45, 2.75) is 20.8 Å². The first kappa shape index (κ1) is 15.1. The zero-order chi connectivity index (χ0) is 16.4. The molecule has 0 saturated carbocycles. The van der Waals surface area contributed by atoms with E-state index in [2.05, 4.69) is 41.2 Å². The Kier molecular flexibility index (Phi) is 4.03. The first-order valence-electron chi connectivity index (χ1n) is 7.55. The lowest BCUT2D eigenvalue weighted by molar-refractivity contribution is 0.619. The summed E-state index contributed by atoms with van der Waals surface area (Å²) in [5, 5.41) is 11.4. The fraction of sp³-hybridized carbons (Fsp3) is 0.211. The van der Waals surface area contributed by atoms with E-state index in [9.17, 15) is 4.39 Å². The Balaban J connectivity index is 2.05. The highest BCUT2D eigenvalue weighted by Crippen LogP contribution is 2.26. The van der Waals surface area contributed by atoms with Crippen LogP contribution in [0.2, 0.25) is 0 Å². The van der Waals surface area contributed by atoms with E-state index in [1.165, 1.54) is 6.07 Å². The zero-order valence-electron chi connectivity index (χ0n) is 13.4. The van der Waals surface area contributed by atoms with Crippen LogP contribution in [0.15, 0.2) is 36.5 Å². The molecule has 0 fully saturated rings. The van der Waals surface area contributed by atoms with Gasteiger partial charge in [0.15, 0.2) is 0 Å². The van der Waals surface area contributed by atoms with E-state index in [0.29, 0.717) is 5.56 Å². The maximum Gasteiger partial charge on any atom is 0.126 e. The molecule has 0 radical (unpaired) electrons. The maximum absolute atomic E-state index is 13.4. The molecular formula is C19H18FN3. The van der Waals surface area contributed by atoms with Gasteiger partial charge in [0.25, 0.3) is 0 Å². The van der Waals surface area contributed by atoms with E-state index in [0.717, 1.165) is 27.8 Å². The second-order valence-electron chi connectivity index (χ2n) is 5.87. The van der Waals surface area contributed by atoms with Gasteiger partial charge in [0, 0.05) is 17.0 Å². The number of rotatable bonds is 2. The van der Waals surface area contributed by atoms with Gasteiger partial charge in [-0.25, -0.2) is 4.39 Å². The van der Waals surface area contributed by atoms with Crippen LogP contribution in [-0.4, -0.2) is 10.2 Å². The van der Waals surface area contributed by atoms with Crippen LogP contribution in [0.4, 0.5) is 15.8 Å². The predicted molar refractivity (Wildman–Crippen MR) is 92.2 cm³/mol. The van der Waals surface area contributed by atoms with E-state index in [1.807, 2.05) is 12.1 Å². The quantitative estimate of drug-likeness (QED) is 0.670. The summed E-state index contributed by atoms with van der Waals surface area (Å²) in [6, 6.07) is 8.96. The predicted octanol–water partition coefficient (Wildman–Crippen LogP) is 4.76. The number of aromatic nitrogens is 2. The van der Waals surface area contributed by atoms with Crippen molar-refractivity contribution in [3.05, 3.63) is 53.5 Å². The Morgan fingerprint density at radius 1 is 1.22 bits per heavy atom. The zero-order valence-corrected chi connectivity index (χ0v) is 13.4. The molecule has 3 nitrogen and oxygen atoms in total. The summed E-state index contributed by atoms with van der Waals surface area (Å²) in [6.07, 6.45) is 1.77. The number of aromatic amines is 1. The van der Waals surface area contributed by atoms with Gasteiger partial charge < -0.3 is 5.32 Å². The van der Waals surface area contributed by atoms with Gasteiger partial charge >= 0.3 is 0 Å². The lowest BCUT2D eigenvalue weighted by Crippen LogP contribution is -1.95. The molecule has 1 heterocycles. The molecule has 0 bridgehead atoms. The van der Waals surface area contributed by atoms with Crippen LogP contribution >= 0.6 is 0 Å². The molecule has 3 aromatic rings. The number of hydrogen-bond acceptors (Lipinski definition) is 2. The molecule has 0 atom stereocenters. The van der Waals surface area contributed by atoms with E-state index in [-0.39, 0.29) is 11.7 Å². The third-order valence-electron chi connectivity index (χ3n) is 3.51. The van der Waals surface area contributed by atoms with Gasteiger partial charge in [0.2, 0.25) is 0 Å². The number of H-pyrrole nitrogens is 1. The molecule has 0 aliphatic carbocycles. The first-order chi connectivity index (χ1) is 11.0. The van der Waals surface area contributed by atoms with Gasteiger partial charge in [0.1, 0.15) is 5.82 Å². The number of nitrogens with one attached hydrogen (secondary N) is 2. The van der Waals surface area contributed by atoms with E-state index >= 15 is 0 Å². The van der Waals surface area contributed by atoms with Gasteiger partial charge in [-0.2, -0.15) is 5.10 Å². The fourth-order valence-corrected chi connectivity index (χ4v) is 2.30. The molecule has 0 spiro atoms. The number of fused-ring (bicyclic) bond motifs is 1. The van der Waals surface area contributed by atoms with Crippen LogP contribution in [0.5, 0.6) is 0 Å². The average molecular weight is 307 g/mol. The summed E-state index contributed by atoms with van der Waals surface area (Å²) in [4.78, 5) is 0. The van der Waals surface area contributed by atoms with Crippen molar-refractivity contribution in [1.82, 2.24) is 10.2 Å². The standard InChI is InChI=1S/C19H18FN3/c1-12(2)4-5-14-9-19-15(11-21-23-19)10-18(14)22-16-6-7-17(20)13(3)8-16/h6-12,22H,1-3H3,(H,21,23). The van der Waals surface area contributed by atoms with Crippen LogP contribution in [0.25, 0.3) is 10.9 Å². The van der Waals surface area contributed by atoms with Gasteiger partial charge in [0.05, 0.1) is 23.0 Å². The van der Waals surface area contributed by atoms with Crippen molar-refractivity contribution >= 4 is 22.3 Å². The molecule has 0 unspecified atom stereocenters. The Morgan fingerprint density at radius 2 is 2.04 bits per heavy atom. The van der Waals surface area contributed by atoms with E-state index < -0.39 is 0 Å². The van der Waals surface area contributed by atoms with E-state index in [4.69, 9.17) is 0 Å². The summed E-state index contributed by atoms with van der Waals surface area (Å²) >= 11 is 0. The van der Waals surface area contributed by atoms with Crippen LogP contribution < -0.4 is 5.32 Å². The minimum atomic E-state index is -0.208.